The fourth-order valence-corrected chi connectivity index (χ4v) is 19.3. The third-order valence-corrected chi connectivity index (χ3v) is 22.5. The van der Waals surface area contributed by atoms with Gasteiger partial charge in [0.1, 0.15) is 0 Å². The maximum Gasteiger partial charge on any atom is 0.0467 e. The van der Waals surface area contributed by atoms with Crippen LogP contribution in [-0.2, 0) is 10.8 Å². The van der Waals surface area contributed by atoms with Crippen molar-refractivity contribution in [1.29, 1.82) is 0 Å². The average Bonchev–Trinajstić information content (AvgIpc) is 2.36. The predicted octanol–water partition coefficient (Wildman–Crippen LogP) is 22.7. The number of nitrogens with zero attached hydrogens (tertiary/aromatic N) is 2. The third kappa shape index (κ3) is 10.5. The molecule has 10 aliphatic carbocycles. The molecule has 0 saturated heterocycles. The van der Waals surface area contributed by atoms with Gasteiger partial charge in [-0.25, -0.2) is 0 Å². The van der Waals surface area contributed by atoms with Gasteiger partial charge in [-0.3, -0.25) is 0 Å². The number of hydrogen-bond donors (Lipinski definition) is 0. The summed E-state index contributed by atoms with van der Waals surface area (Å²) in [4.78, 5) is 4.93. The van der Waals surface area contributed by atoms with E-state index in [4.69, 9.17) is 0 Å². The number of benzene rings is 8. The van der Waals surface area contributed by atoms with Crippen LogP contribution in [0.1, 0.15) is 175 Å². The molecule has 2 nitrogen and oxygen atoms in total. The van der Waals surface area contributed by atoms with E-state index >= 15 is 0 Å². The van der Waals surface area contributed by atoms with Crippen molar-refractivity contribution in [3.8, 4) is 22.3 Å². The number of rotatable bonds is 12. The second-order valence-corrected chi connectivity index (χ2v) is 27.8. The molecule has 18 rings (SSSR count). The van der Waals surface area contributed by atoms with Gasteiger partial charge in [-0.2, -0.15) is 0 Å². The van der Waals surface area contributed by atoms with E-state index in [-0.39, 0.29) is 0 Å². The Morgan fingerprint density at radius 2 is 0.561 bits per heavy atom. The van der Waals surface area contributed by atoms with E-state index in [1.54, 1.807) is 11.1 Å². The molecule has 10 saturated carbocycles. The van der Waals surface area contributed by atoms with Crippen molar-refractivity contribution in [2.45, 2.75) is 164 Å². The van der Waals surface area contributed by atoms with Gasteiger partial charge >= 0.3 is 0 Å². The molecule has 0 aliphatic heterocycles. The van der Waals surface area contributed by atoms with Crippen molar-refractivity contribution >= 4 is 34.1 Å². The minimum absolute atomic E-state index is 0.437. The highest BCUT2D eigenvalue weighted by Gasteiger charge is 2.53. The van der Waals surface area contributed by atoms with Gasteiger partial charge in [0.2, 0.25) is 0 Å². The molecule has 0 unspecified atom stereocenters. The zero-order valence-electron chi connectivity index (χ0n) is 48.7. The maximum absolute atomic E-state index is 2.49. The van der Waals surface area contributed by atoms with Crippen LogP contribution in [0.15, 0.2) is 206 Å². The second-order valence-electron chi connectivity index (χ2n) is 27.8. The van der Waals surface area contributed by atoms with Gasteiger partial charge in [0.05, 0.1) is 0 Å². The quantitative estimate of drug-likeness (QED) is 0.120. The Kier molecular flexibility index (Phi) is 14.3. The minimum atomic E-state index is 0.437. The SMILES string of the molecule is c1ccc(-c2ccc(N(c3ccc(C4CCCCC4)cc3)c3ccc(C45CC6CC(CC(C6)C4)C5)cc3)cc2)cc1.c1ccc(-c2cccc(N(c3ccc(C4CCCCC4)cc3)c3ccc(C45CC6CC(CC(C6)C4)C5)cc3)c2)cc1. The molecule has 10 fully saturated rings. The molecule has 8 aromatic rings. The summed E-state index contributed by atoms with van der Waals surface area (Å²) >= 11 is 0. The van der Waals surface area contributed by atoms with Crippen LogP contribution in [0, 0.1) is 35.5 Å². The molecule has 0 N–H and O–H groups in total. The van der Waals surface area contributed by atoms with E-state index in [0.29, 0.717) is 10.8 Å². The summed E-state index contributed by atoms with van der Waals surface area (Å²) in [7, 11) is 0. The highest BCUT2D eigenvalue weighted by molar-refractivity contribution is 5.81. The Bertz CT molecular complexity index is 3330. The lowest BCUT2D eigenvalue weighted by Crippen LogP contribution is -2.48. The molecule has 0 atom stereocenters. The first-order valence-electron chi connectivity index (χ1n) is 32.8. The van der Waals surface area contributed by atoms with E-state index in [9.17, 15) is 0 Å². The van der Waals surface area contributed by atoms with Crippen LogP contribution in [0.3, 0.4) is 0 Å². The zero-order valence-corrected chi connectivity index (χ0v) is 48.7. The van der Waals surface area contributed by atoms with E-state index in [1.165, 1.54) is 209 Å². The molecule has 10 aliphatic rings. The van der Waals surface area contributed by atoms with Crippen molar-refractivity contribution in [1.82, 2.24) is 0 Å². The molecule has 2 heteroatoms. The first kappa shape index (κ1) is 52.2. The van der Waals surface area contributed by atoms with Crippen molar-refractivity contribution in [3.63, 3.8) is 0 Å². The molecule has 8 aromatic carbocycles. The van der Waals surface area contributed by atoms with Crippen LogP contribution in [0.25, 0.3) is 22.3 Å². The topological polar surface area (TPSA) is 6.48 Å². The Morgan fingerprint density at radius 1 is 0.256 bits per heavy atom. The maximum atomic E-state index is 2.49. The van der Waals surface area contributed by atoms with Crippen LogP contribution in [0.4, 0.5) is 34.1 Å². The molecule has 0 aromatic heterocycles. The minimum Gasteiger partial charge on any atom is -0.311 e. The van der Waals surface area contributed by atoms with E-state index in [2.05, 4.69) is 216 Å². The standard InChI is InChI=1S/2C40H43N/c1-3-8-32(9-4-1)34-14-18-37(19-15-34)41(39-13-7-12-35(25-39)33-10-5-2-6-11-33)38-20-16-36(17-21-38)40-26-29-22-30(27-40)24-31(23-29)28-40;1-3-7-32(8-4-1)34-11-17-37(18-12-34)41(38-19-13-35(14-20-38)33-9-5-2-6-10-33)39-21-15-36(16-22-39)40-26-29-23-30(27-40)25-31(24-29)28-40/h2,5-7,10-21,25,29-32H,1,3-4,8-9,22-24,26-28H2;1,3-4,7-8,11-22,29-31,33H,2,5-6,9-10,23-28H2. The zero-order chi connectivity index (χ0) is 54.5. The van der Waals surface area contributed by atoms with Crippen molar-refractivity contribution in [2.75, 3.05) is 9.80 Å². The summed E-state index contributed by atoms with van der Waals surface area (Å²) in [6.07, 6.45) is 31.2. The summed E-state index contributed by atoms with van der Waals surface area (Å²) in [5, 5.41) is 0. The highest BCUT2D eigenvalue weighted by Crippen LogP contribution is 2.62. The molecule has 0 radical (unpaired) electrons. The summed E-state index contributed by atoms with van der Waals surface area (Å²) in [6, 6.07) is 78.4. The van der Waals surface area contributed by atoms with Crippen LogP contribution < -0.4 is 9.80 Å². The third-order valence-electron chi connectivity index (χ3n) is 22.5. The molecule has 416 valence electrons. The van der Waals surface area contributed by atoms with Crippen LogP contribution in [-0.4, -0.2) is 0 Å². The molecular formula is C80H86N2. The Morgan fingerprint density at radius 3 is 0.939 bits per heavy atom. The largest absolute Gasteiger partial charge is 0.311 e. The molecule has 0 spiro atoms. The van der Waals surface area contributed by atoms with Gasteiger partial charge in [-0.05, 0) is 278 Å². The van der Waals surface area contributed by atoms with Crippen LogP contribution in [0.5, 0.6) is 0 Å². The van der Waals surface area contributed by atoms with E-state index in [1.807, 2.05) is 0 Å². The molecule has 8 bridgehead atoms. The Balaban J connectivity index is 0.000000140. The van der Waals surface area contributed by atoms with E-state index in [0.717, 1.165) is 47.3 Å². The smallest absolute Gasteiger partial charge is 0.0467 e. The van der Waals surface area contributed by atoms with Gasteiger partial charge in [-0.1, -0.05) is 172 Å². The number of anilines is 6. The highest BCUT2D eigenvalue weighted by atomic mass is 15.1. The average molecular weight is 1080 g/mol. The molecule has 82 heavy (non-hydrogen) atoms. The fraction of sp³-hybridized carbons (Fsp3) is 0.400. The van der Waals surface area contributed by atoms with Crippen LogP contribution >= 0.6 is 0 Å². The molecular weight excluding hydrogens is 989 g/mol. The number of hydrogen-bond acceptors (Lipinski definition) is 2. The first-order chi connectivity index (χ1) is 40.4. The van der Waals surface area contributed by atoms with Crippen LogP contribution in [0.2, 0.25) is 0 Å². The monoisotopic (exact) mass is 1070 g/mol. The fourth-order valence-electron chi connectivity index (χ4n) is 19.3. The van der Waals surface area contributed by atoms with Crippen molar-refractivity contribution in [3.05, 3.63) is 229 Å². The predicted molar refractivity (Wildman–Crippen MR) is 344 cm³/mol. The van der Waals surface area contributed by atoms with Crippen molar-refractivity contribution in [2.24, 2.45) is 35.5 Å². The van der Waals surface area contributed by atoms with Crippen molar-refractivity contribution < 1.29 is 0 Å². The summed E-state index contributed by atoms with van der Waals surface area (Å²) in [5.41, 5.74) is 19.6. The summed E-state index contributed by atoms with van der Waals surface area (Å²) < 4.78 is 0. The Labute approximate surface area is 491 Å². The molecule has 0 heterocycles. The molecule has 0 amide bonds. The van der Waals surface area contributed by atoms with Gasteiger partial charge in [-0.15, -0.1) is 0 Å². The van der Waals surface area contributed by atoms with Gasteiger partial charge in [0.15, 0.2) is 0 Å². The summed E-state index contributed by atoms with van der Waals surface area (Å²) in [6.45, 7) is 0. The second kappa shape index (κ2) is 22.5. The summed E-state index contributed by atoms with van der Waals surface area (Å²) in [5.74, 6) is 7.31. The van der Waals surface area contributed by atoms with Gasteiger partial charge in [0.25, 0.3) is 0 Å². The normalized spacial score (nSPS) is 27.2. The lowest BCUT2D eigenvalue weighted by atomic mass is 9.48. The lowest BCUT2D eigenvalue weighted by molar-refractivity contribution is -0.00530. The van der Waals surface area contributed by atoms with E-state index < -0.39 is 0 Å². The Hall–Kier alpha value is -6.64. The van der Waals surface area contributed by atoms with Gasteiger partial charge in [0, 0.05) is 34.1 Å². The lowest BCUT2D eigenvalue weighted by Gasteiger charge is -2.57. The first-order valence-corrected chi connectivity index (χ1v) is 32.8. The van der Waals surface area contributed by atoms with Gasteiger partial charge < -0.3 is 9.80 Å².